The molecule has 0 radical (unpaired) electrons. The molecule has 2 aliphatic rings. The number of nitrogens with zero attached hydrogens (tertiary/aromatic N) is 2. The summed E-state index contributed by atoms with van der Waals surface area (Å²) < 4.78 is 0. The second-order valence-corrected chi connectivity index (χ2v) is 7.91. The van der Waals surface area contributed by atoms with Crippen LogP contribution in [0, 0.1) is 11.3 Å². The molecule has 0 aliphatic carbocycles. The molecule has 0 spiro atoms. The lowest BCUT2D eigenvalue weighted by atomic mass is 9.81. The van der Waals surface area contributed by atoms with Gasteiger partial charge in [-0.3, -0.25) is 4.90 Å². The Labute approximate surface area is 125 Å². The van der Waals surface area contributed by atoms with Crippen molar-refractivity contribution < 1.29 is 0 Å². The summed E-state index contributed by atoms with van der Waals surface area (Å²) in [7, 11) is 0. The Morgan fingerprint density at radius 3 is 2.37 bits per heavy atom. The van der Waals surface area contributed by atoms with Crippen LogP contribution in [0.15, 0.2) is 0 Å². The summed E-state index contributed by atoms with van der Waals surface area (Å²) >= 11 is 4.57. The summed E-state index contributed by atoms with van der Waals surface area (Å²) in [5.74, 6) is 1.71. The van der Waals surface area contributed by atoms with Crippen LogP contribution in [-0.4, -0.2) is 54.3 Å². The zero-order chi connectivity index (χ0) is 13.9. The maximum Gasteiger partial charge on any atom is 0.0235 e. The summed E-state index contributed by atoms with van der Waals surface area (Å²) in [6.07, 6.45) is 5.65. The first-order valence-corrected chi connectivity index (χ1v) is 8.71. The Hall–Kier alpha value is 0.270. The topological polar surface area (TPSA) is 6.48 Å². The fourth-order valence-corrected chi connectivity index (χ4v) is 4.14. The maximum absolute atomic E-state index is 4.57. The fourth-order valence-electron chi connectivity index (χ4n) is 3.48. The van der Waals surface area contributed by atoms with Crippen LogP contribution in [0.1, 0.15) is 46.5 Å². The third-order valence-corrected chi connectivity index (χ3v) is 5.52. The standard InChI is InChI=1S/C16H32N2S/c1-16(2,3)14(13-19)11-17-10-7-15(12-17)18-8-5-4-6-9-18/h14-15,19H,4-13H2,1-3H3. The second-order valence-electron chi connectivity index (χ2n) is 7.54. The van der Waals surface area contributed by atoms with Crippen LogP contribution >= 0.6 is 12.6 Å². The first-order chi connectivity index (χ1) is 9.00. The van der Waals surface area contributed by atoms with Crippen molar-refractivity contribution in [1.82, 2.24) is 9.80 Å². The van der Waals surface area contributed by atoms with Gasteiger partial charge in [-0.15, -0.1) is 0 Å². The first-order valence-electron chi connectivity index (χ1n) is 8.08. The smallest absolute Gasteiger partial charge is 0.0235 e. The van der Waals surface area contributed by atoms with Crippen LogP contribution in [0.25, 0.3) is 0 Å². The molecule has 3 heteroatoms. The summed E-state index contributed by atoms with van der Waals surface area (Å²) in [4.78, 5) is 5.43. The van der Waals surface area contributed by atoms with Gasteiger partial charge in [-0.25, -0.2) is 0 Å². The van der Waals surface area contributed by atoms with Gasteiger partial charge in [-0.1, -0.05) is 27.2 Å². The average molecular weight is 285 g/mol. The largest absolute Gasteiger partial charge is 0.301 e. The molecular formula is C16H32N2S. The molecule has 2 atom stereocenters. The van der Waals surface area contributed by atoms with Gasteiger partial charge in [0.15, 0.2) is 0 Å². The molecule has 2 saturated heterocycles. The molecule has 2 heterocycles. The summed E-state index contributed by atoms with van der Waals surface area (Å²) in [5, 5.41) is 0. The third-order valence-electron chi connectivity index (χ3n) is 5.08. The summed E-state index contributed by atoms with van der Waals surface area (Å²) in [5.41, 5.74) is 0.380. The van der Waals surface area contributed by atoms with E-state index < -0.39 is 0 Å². The molecule has 0 N–H and O–H groups in total. The van der Waals surface area contributed by atoms with E-state index in [4.69, 9.17) is 0 Å². The van der Waals surface area contributed by atoms with Gasteiger partial charge in [0.1, 0.15) is 0 Å². The molecule has 0 aromatic rings. The van der Waals surface area contributed by atoms with Gasteiger partial charge >= 0.3 is 0 Å². The molecule has 0 amide bonds. The number of thiol groups is 1. The minimum Gasteiger partial charge on any atom is -0.301 e. The molecule has 2 unspecified atom stereocenters. The van der Waals surface area contributed by atoms with E-state index >= 15 is 0 Å². The van der Waals surface area contributed by atoms with Gasteiger partial charge in [-0.2, -0.15) is 12.6 Å². The van der Waals surface area contributed by atoms with E-state index in [1.165, 1.54) is 58.4 Å². The van der Waals surface area contributed by atoms with Gasteiger partial charge in [0.2, 0.25) is 0 Å². The van der Waals surface area contributed by atoms with Crippen molar-refractivity contribution >= 4 is 12.6 Å². The quantitative estimate of drug-likeness (QED) is 0.792. The minimum absolute atomic E-state index is 0.380. The second kappa shape index (κ2) is 6.82. The molecule has 2 nitrogen and oxygen atoms in total. The molecule has 2 rings (SSSR count). The van der Waals surface area contributed by atoms with Crippen molar-refractivity contribution in [2.75, 3.05) is 38.5 Å². The van der Waals surface area contributed by atoms with E-state index in [1.807, 2.05) is 0 Å². The molecule has 0 aromatic carbocycles. The lowest BCUT2D eigenvalue weighted by Gasteiger charge is -2.34. The van der Waals surface area contributed by atoms with Gasteiger partial charge < -0.3 is 4.90 Å². The molecule has 2 aliphatic heterocycles. The van der Waals surface area contributed by atoms with Crippen molar-refractivity contribution in [3.05, 3.63) is 0 Å². The van der Waals surface area contributed by atoms with Gasteiger partial charge in [0, 0.05) is 19.1 Å². The lowest BCUT2D eigenvalue weighted by Crippen LogP contribution is -2.42. The molecule has 0 saturated carbocycles. The Balaban J connectivity index is 1.81. The number of likely N-dealkylation sites (tertiary alicyclic amines) is 2. The molecule has 0 bridgehead atoms. The van der Waals surface area contributed by atoms with Gasteiger partial charge in [0.05, 0.1) is 0 Å². The third kappa shape index (κ3) is 4.37. The molecule has 19 heavy (non-hydrogen) atoms. The number of rotatable bonds is 4. The van der Waals surface area contributed by atoms with Crippen LogP contribution in [0.3, 0.4) is 0 Å². The van der Waals surface area contributed by atoms with Crippen LogP contribution in [-0.2, 0) is 0 Å². The molecular weight excluding hydrogens is 252 g/mol. The van der Waals surface area contributed by atoms with E-state index in [0.29, 0.717) is 11.3 Å². The van der Waals surface area contributed by atoms with Gasteiger partial charge in [-0.05, 0) is 56.0 Å². The Morgan fingerprint density at radius 1 is 1.11 bits per heavy atom. The van der Waals surface area contributed by atoms with E-state index in [2.05, 4.69) is 43.2 Å². The van der Waals surface area contributed by atoms with Crippen molar-refractivity contribution in [2.24, 2.45) is 11.3 Å². The lowest BCUT2D eigenvalue weighted by molar-refractivity contribution is 0.146. The van der Waals surface area contributed by atoms with Gasteiger partial charge in [0.25, 0.3) is 0 Å². The van der Waals surface area contributed by atoms with Crippen molar-refractivity contribution in [3.8, 4) is 0 Å². The Morgan fingerprint density at radius 2 is 1.79 bits per heavy atom. The number of piperidine rings is 1. The van der Waals surface area contributed by atoms with E-state index in [-0.39, 0.29) is 0 Å². The zero-order valence-electron chi connectivity index (χ0n) is 13.1. The molecule has 112 valence electrons. The van der Waals surface area contributed by atoms with E-state index in [1.54, 1.807) is 0 Å². The van der Waals surface area contributed by atoms with E-state index in [9.17, 15) is 0 Å². The minimum atomic E-state index is 0.380. The highest BCUT2D eigenvalue weighted by Crippen LogP contribution is 2.29. The predicted molar refractivity (Wildman–Crippen MR) is 87.1 cm³/mol. The predicted octanol–water partition coefficient (Wildman–Crippen LogP) is 3.14. The number of hydrogen-bond acceptors (Lipinski definition) is 3. The highest BCUT2D eigenvalue weighted by molar-refractivity contribution is 7.80. The summed E-state index contributed by atoms with van der Waals surface area (Å²) in [6.45, 7) is 13.6. The first kappa shape index (κ1) is 15.7. The normalized spacial score (nSPS) is 28.7. The zero-order valence-corrected chi connectivity index (χ0v) is 14.0. The molecule has 0 aromatic heterocycles. The van der Waals surface area contributed by atoms with Crippen molar-refractivity contribution in [2.45, 2.75) is 52.5 Å². The fraction of sp³-hybridized carbons (Fsp3) is 1.00. The van der Waals surface area contributed by atoms with Crippen LogP contribution < -0.4 is 0 Å². The Bertz CT molecular complexity index is 268. The van der Waals surface area contributed by atoms with E-state index in [0.717, 1.165) is 11.8 Å². The van der Waals surface area contributed by atoms with Crippen molar-refractivity contribution in [3.63, 3.8) is 0 Å². The monoisotopic (exact) mass is 284 g/mol. The average Bonchev–Trinajstić information content (AvgIpc) is 2.84. The highest BCUT2D eigenvalue weighted by Gasteiger charge is 2.32. The van der Waals surface area contributed by atoms with Crippen LogP contribution in [0.2, 0.25) is 0 Å². The number of hydrogen-bond donors (Lipinski definition) is 1. The maximum atomic E-state index is 4.57. The van der Waals surface area contributed by atoms with Crippen LogP contribution in [0.5, 0.6) is 0 Å². The summed E-state index contributed by atoms with van der Waals surface area (Å²) in [6, 6.07) is 0.834. The van der Waals surface area contributed by atoms with Crippen LogP contribution in [0.4, 0.5) is 0 Å². The Kier molecular flexibility index (Phi) is 5.62. The highest BCUT2D eigenvalue weighted by atomic mass is 32.1. The van der Waals surface area contributed by atoms with Crippen molar-refractivity contribution in [1.29, 1.82) is 0 Å². The SMILES string of the molecule is CC(C)(C)C(CS)CN1CCC(N2CCCCC2)C1. The molecule has 2 fully saturated rings.